The molecular formula is C14H18N2O2S2. The van der Waals surface area contributed by atoms with Gasteiger partial charge in [-0.25, -0.2) is 4.98 Å². The Balaban J connectivity index is 2.09. The molecule has 0 saturated carbocycles. The Morgan fingerprint density at radius 2 is 2.15 bits per heavy atom. The molecular weight excluding hydrogens is 292 g/mol. The summed E-state index contributed by atoms with van der Waals surface area (Å²) in [5.41, 5.74) is 7.16. The third kappa shape index (κ3) is 3.86. The summed E-state index contributed by atoms with van der Waals surface area (Å²) in [7, 11) is 0. The van der Waals surface area contributed by atoms with Gasteiger partial charge in [0.15, 0.2) is 0 Å². The number of anilines is 1. The van der Waals surface area contributed by atoms with E-state index in [9.17, 15) is 4.79 Å². The van der Waals surface area contributed by atoms with E-state index in [2.05, 4.69) is 4.98 Å². The van der Waals surface area contributed by atoms with E-state index >= 15 is 0 Å². The molecule has 0 aliphatic carbocycles. The molecule has 0 aliphatic rings. The van der Waals surface area contributed by atoms with Crippen LogP contribution in [0.1, 0.15) is 25.8 Å². The van der Waals surface area contributed by atoms with Gasteiger partial charge in [0.05, 0.1) is 21.0 Å². The number of nitrogens with zero attached hydrogens (tertiary/aromatic N) is 1. The van der Waals surface area contributed by atoms with E-state index in [0.717, 1.165) is 20.1 Å². The van der Waals surface area contributed by atoms with Crippen LogP contribution in [0, 0.1) is 6.92 Å². The first-order valence-electron chi connectivity index (χ1n) is 6.26. The van der Waals surface area contributed by atoms with Gasteiger partial charge in [-0.15, -0.1) is 23.1 Å². The Hall–Kier alpha value is -1.27. The number of ether oxygens (including phenoxy) is 1. The van der Waals surface area contributed by atoms with E-state index < -0.39 is 5.60 Å². The van der Waals surface area contributed by atoms with Crippen LogP contribution >= 0.6 is 23.1 Å². The molecule has 1 aromatic heterocycles. The van der Waals surface area contributed by atoms with Gasteiger partial charge in [-0.2, -0.15) is 0 Å². The second kappa shape index (κ2) is 5.61. The van der Waals surface area contributed by atoms with Crippen molar-refractivity contribution in [2.24, 2.45) is 0 Å². The van der Waals surface area contributed by atoms with E-state index in [1.807, 2.05) is 39.8 Å². The fraction of sp³-hybridized carbons (Fsp3) is 0.429. The normalized spacial score (nSPS) is 11.8. The molecule has 0 radical (unpaired) electrons. The number of esters is 1. The Morgan fingerprint density at radius 1 is 1.45 bits per heavy atom. The molecule has 2 aromatic rings. The summed E-state index contributed by atoms with van der Waals surface area (Å²) in [6, 6.07) is 3.85. The van der Waals surface area contributed by atoms with Gasteiger partial charge >= 0.3 is 5.97 Å². The van der Waals surface area contributed by atoms with Crippen molar-refractivity contribution in [3.8, 4) is 0 Å². The number of benzene rings is 1. The van der Waals surface area contributed by atoms with Crippen LogP contribution in [0.15, 0.2) is 17.0 Å². The number of carbonyl (C=O) groups is 1. The number of fused-ring (bicyclic) bond motifs is 1. The van der Waals surface area contributed by atoms with Crippen molar-refractivity contribution in [2.45, 2.75) is 38.2 Å². The maximum atomic E-state index is 11.7. The van der Waals surface area contributed by atoms with E-state index in [1.165, 1.54) is 11.8 Å². The van der Waals surface area contributed by atoms with Crippen molar-refractivity contribution >= 4 is 45.0 Å². The maximum absolute atomic E-state index is 11.7. The van der Waals surface area contributed by atoms with Crippen LogP contribution in [0.2, 0.25) is 0 Å². The first kappa shape index (κ1) is 15.1. The summed E-state index contributed by atoms with van der Waals surface area (Å²) in [5, 5.41) is 1.01. The molecule has 6 heteroatoms. The largest absolute Gasteiger partial charge is 0.459 e. The second-order valence-electron chi connectivity index (χ2n) is 5.47. The van der Waals surface area contributed by atoms with Gasteiger partial charge in [0.1, 0.15) is 5.60 Å². The lowest BCUT2D eigenvalue weighted by Gasteiger charge is -2.19. The minimum absolute atomic E-state index is 0.239. The van der Waals surface area contributed by atoms with E-state index in [-0.39, 0.29) is 11.7 Å². The molecule has 0 bridgehead atoms. The summed E-state index contributed by atoms with van der Waals surface area (Å²) in [5.74, 6) is 0.00673. The third-order valence-electron chi connectivity index (χ3n) is 2.39. The van der Waals surface area contributed by atoms with E-state index in [4.69, 9.17) is 10.5 Å². The average Bonchev–Trinajstić information content (AvgIpc) is 2.62. The van der Waals surface area contributed by atoms with Crippen LogP contribution in [-0.2, 0) is 9.53 Å². The van der Waals surface area contributed by atoms with Crippen LogP contribution in [0.3, 0.4) is 0 Å². The molecule has 0 amide bonds. The lowest BCUT2D eigenvalue weighted by Crippen LogP contribution is -2.24. The molecule has 1 aromatic carbocycles. The Kier molecular flexibility index (Phi) is 4.25. The summed E-state index contributed by atoms with van der Waals surface area (Å²) in [6.45, 7) is 7.53. The second-order valence-corrected chi connectivity index (χ2v) is 7.72. The zero-order valence-corrected chi connectivity index (χ0v) is 13.7. The van der Waals surface area contributed by atoms with Crippen molar-refractivity contribution in [3.63, 3.8) is 0 Å². The van der Waals surface area contributed by atoms with Crippen molar-refractivity contribution < 1.29 is 9.53 Å². The average molecular weight is 310 g/mol. The number of rotatable bonds is 3. The lowest BCUT2D eigenvalue weighted by atomic mass is 10.2. The predicted molar refractivity (Wildman–Crippen MR) is 85.3 cm³/mol. The maximum Gasteiger partial charge on any atom is 0.316 e. The highest BCUT2D eigenvalue weighted by molar-refractivity contribution is 8.00. The van der Waals surface area contributed by atoms with Crippen LogP contribution < -0.4 is 5.73 Å². The minimum atomic E-state index is -0.459. The first-order valence-corrected chi connectivity index (χ1v) is 8.06. The Labute approximate surface area is 126 Å². The molecule has 0 spiro atoms. The number of nitrogens with two attached hydrogens (primary N) is 1. The van der Waals surface area contributed by atoms with Gasteiger partial charge in [-0.3, -0.25) is 4.79 Å². The van der Waals surface area contributed by atoms with Crippen molar-refractivity contribution in [1.82, 2.24) is 4.98 Å². The zero-order valence-electron chi connectivity index (χ0n) is 12.0. The number of aromatic nitrogens is 1. The molecule has 2 rings (SSSR count). The van der Waals surface area contributed by atoms with Crippen LogP contribution in [0.25, 0.3) is 10.2 Å². The molecule has 2 N–H and O–H groups in total. The van der Waals surface area contributed by atoms with Crippen molar-refractivity contribution in [3.05, 3.63) is 17.1 Å². The number of nitrogen functional groups attached to an aromatic ring is 1. The van der Waals surface area contributed by atoms with E-state index in [0.29, 0.717) is 5.69 Å². The van der Waals surface area contributed by atoms with E-state index in [1.54, 1.807) is 11.3 Å². The third-order valence-corrected chi connectivity index (χ3v) is 4.37. The molecule has 0 saturated heterocycles. The standard InChI is InChI=1S/C14H18N2O2S2/c1-8-16-10-6-11(9(15)5-12(10)20-8)19-7-13(17)18-14(2,3)4/h5-6H,7,15H2,1-4H3. The number of thiazole rings is 1. The first-order chi connectivity index (χ1) is 9.24. The highest BCUT2D eigenvalue weighted by Crippen LogP contribution is 2.32. The number of hydrogen-bond acceptors (Lipinski definition) is 6. The van der Waals surface area contributed by atoms with Crippen molar-refractivity contribution in [1.29, 1.82) is 0 Å². The molecule has 0 atom stereocenters. The smallest absolute Gasteiger partial charge is 0.316 e. The highest BCUT2D eigenvalue weighted by atomic mass is 32.2. The molecule has 0 fully saturated rings. The predicted octanol–water partition coefficient (Wildman–Crippen LogP) is 3.62. The molecule has 0 aliphatic heterocycles. The summed E-state index contributed by atoms with van der Waals surface area (Å²) in [6.07, 6.45) is 0. The van der Waals surface area contributed by atoms with Crippen molar-refractivity contribution in [2.75, 3.05) is 11.5 Å². The molecule has 0 unspecified atom stereocenters. The summed E-state index contributed by atoms with van der Waals surface area (Å²) >= 11 is 3.00. The Morgan fingerprint density at radius 3 is 2.80 bits per heavy atom. The lowest BCUT2D eigenvalue weighted by molar-refractivity contribution is -0.151. The van der Waals surface area contributed by atoms with Crippen LogP contribution in [0.4, 0.5) is 5.69 Å². The van der Waals surface area contributed by atoms with Gasteiger partial charge in [0.2, 0.25) is 0 Å². The fourth-order valence-electron chi connectivity index (χ4n) is 1.72. The number of thioether (sulfide) groups is 1. The zero-order chi connectivity index (χ0) is 14.9. The summed E-state index contributed by atoms with van der Waals surface area (Å²) < 4.78 is 6.35. The van der Waals surface area contributed by atoms with Crippen LogP contribution in [0.5, 0.6) is 0 Å². The van der Waals surface area contributed by atoms with Crippen LogP contribution in [-0.4, -0.2) is 22.3 Å². The molecule has 20 heavy (non-hydrogen) atoms. The topological polar surface area (TPSA) is 65.2 Å². The van der Waals surface area contributed by atoms with Gasteiger partial charge in [0, 0.05) is 10.6 Å². The molecule has 108 valence electrons. The quantitative estimate of drug-likeness (QED) is 0.533. The number of aryl methyl sites for hydroxylation is 1. The SMILES string of the molecule is Cc1nc2cc(SCC(=O)OC(C)(C)C)c(N)cc2s1. The minimum Gasteiger partial charge on any atom is -0.459 e. The van der Waals surface area contributed by atoms with Gasteiger partial charge in [-0.1, -0.05) is 0 Å². The monoisotopic (exact) mass is 310 g/mol. The molecule has 1 heterocycles. The highest BCUT2D eigenvalue weighted by Gasteiger charge is 2.17. The molecule has 4 nitrogen and oxygen atoms in total. The fourth-order valence-corrected chi connectivity index (χ4v) is 3.33. The van der Waals surface area contributed by atoms with Gasteiger partial charge < -0.3 is 10.5 Å². The summed E-state index contributed by atoms with van der Waals surface area (Å²) in [4.78, 5) is 17.0. The number of carbonyl (C=O) groups excluding carboxylic acids is 1. The number of hydrogen-bond donors (Lipinski definition) is 1. The Bertz CT molecular complexity index is 644. The van der Waals surface area contributed by atoms with Gasteiger partial charge in [0.25, 0.3) is 0 Å². The van der Waals surface area contributed by atoms with Gasteiger partial charge in [-0.05, 0) is 39.8 Å².